The van der Waals surface area contributed by atoms with Crippen LogP contribution in [0.15, 0.2) is 18.2 Å². The predicted octanol–water partition coefficient (Wildman–Crippen LogP) is 1.73. The van der Waals surface area contributed by atoms with Crippen LogP contribution >= 0.6 is 0 Å². The molecule has 0 amide bonds. The molecule has 0 aliphatic carbocycles. The van der Waals surface area contributed by atoms with Gasteiger partial charge in [-0.25, -0.2) is 4.39 Å². The summed E-state index contributed by atoms with van der Waals surface area (Å²) in [4.78, 5) is 0. The van der Waals surface area contributed by atoms with Gasteiger partial charge in [0.05, 0.1) is 6.61 Å². The largest absolute Gasteiger partial charge is 0.380 e. The minimum atomic E-state index is -0.135. The molecule has 0 unspecified atom stereocenters. The highest BCUT2D eigenvalue weighted by Gasteiger charge is 2.06. The van der Waals surface area contributed by atoms with Crippen LogP contribution in [0, 0.1) is 5.82 Å². The number of likely N-dealkylation sites (N-methyl/N-ethyl adjacent to an activating group) is 1. The summed E-state index contributed by atoms with van der Waals surface area (Å²) >= 11 is 0. The summed E-state index contributed by atoms with van der Waals surface area (Å²) in [5, 5.41) is 3.00. The molecule has 0 atom stereocenters. The van der Waals surface area contributed by atoms with Crippen molar-refractivity contribution in [1.29, 1.82) is 0 Å². The van der Waals surface area contributed by atoms with E-state index < -0.39 is 0 Å². The highest BCUT2D eigenvalue weighted by atomic mass is 19.1. The van der Waals surface area contributed by atoms with Gasteiger partial charge >= 0.3 is 0 Å². The van der Waals surface area contributed by atoms with Crippen molar-refractivity contribution in [3.63, 3.8) is 0 Å². The molecule has 78 valence electrons. The van der Waals surface area contributed by atoms with Gasteiger partial charge in [0, 0.05) is 12.7 Å². The van der Waals surface area contributed by atoms with E-state index in [0.29, 0.717) is 18.6 Å². The summed E-state index contributed by atoms with van der Waals surface area (Å²) in [6.07, 6.45) is 0.708. The molecule has 0 fully saturated rings. The molecular formula is C11H16FNO. The van der Waals surface area contributed by atoms with Gasteiger partial charge in [0.1, 0.15) is 5.82 Å². The molecule has 0 saturated heterocycles. The van der Waals surface area contributed by atoms with Crippen molar-refractivity contribution in [1.82, 2.24) is 5.32 Å². The SMILES string of the molecule is CNCCc1cccc(COC)c1F. The highest BCUT2D eigenvalue weighted by molar-refractivity contribution is 5.25. The van der Waals surface area contributed by atoms with Crippen LogP contribution in [0.2, 0.25) is 0 Å². The van der Waals surface area contributed by atoms with Gasteiger partial charge in [0.15, 0.2) is 0 Å². The fourth-order valence-corrected chi connectivity index (χ4v) is 1.35. The lowest BCUT2D eigenvalue weighted by Gasteiger charge is -2.07. The third-order valence-corrected chi connectivity index (χ3v) is 2.10. The van der Waals surface area contributed by atoms with E-state index in [2.05, 4.69) is 5.32 Å². The van der Waals surface area contributed by atoms with Gasteiger partial charge in [-0.05, 0) is 25.6 Å². The average molecular weight is 197 g/mol. The molecule has 0 aromatic heterocycles. The lowest BCUT2D eigenvalue weighted by atomic mass is 10.1. The van der Waals surface area contributed by atoms with Crippen molar-refractivity contribution in [2.75, 3.05) is 20.7 Å². The Morgan fingerprint density at radius 1 is 1.36 bits per heavy atom. The first-order valence-corrected chi connectivity index (χ1v) is 4.69. The number of nitrogens with one attached hydrogen (secondary N) is 1. The molecule has 1 N–H and O–H groups in total. The van der Waals surface area contributed by atoms with Crippen molar-refractivity contribution < 1.29 is 9.13 Å². The lowest BCUT2D eigenvalue weighted by Crippen LogP contribution is -2.11. The summed E-state index contributed by atoms with van der Waals surface area (Å²) in [5.74, 6) is -0.135. The lowest BCUT2D eigenvalue weighted by molar-refractivity contribution is 0.181. The third-order valence-electron chi connectivity index (χ3n) is 2.10. The van der Waals surface area contributed by atoms with Gasteiger partial charge in [0.2, 0.25) is 0 Å². The van der Waals surface area contributed by atoms with Crippen molar-refractivity contribution in [3.8, 4) is 0 Å². The number of hydrogen-bond donors (Lipinski definition) is 1. The summed E-state index contributed by atoms with van der Waals surface area (Å²) in [6, 6.07) is 5.43. The highest BCUT2D eigenvalue weighted by Crippen LogP contribution is 2.14. The van der Waals surface area contributed by atoms with Crippen LogP contribution in [0.25, 0.3) is 0 Å². The molecular weight excluding hydrogens is 181 g/mol. The second-order valence-corrected chi connectivity index (χ2v) is 3.18. The third kappa shape index (κ3) is 2.79. The summed E-state index contributed by atoms with van der Waals surface area (Å²) in [7, 11) is 3.43. The fourth-order valence-electron chi connectivity index (χ4n) is 1.35. The van der Waals surface area contributed by atoms with E-state index in [1.807, 2.05) is 19.2 Å². The maximum absolute atomic E-state index is 13.7. The van der Waals surface area contributed by atoms with Crippen LogP contribution in [0.4, 0.5) is 4.39 Å². The minimum absolute atomic E-state index is 0.135. The quantitative estimate of drug-likeness (QED) is 0.776. The Morgan fingerprint density at radius 3 is 2.71 bits per heavy atom. The monoisotopic (exact) mass is 197 g/mol. The smallest absolute Gasteiger partial charge is 0.131 e. The molecule has 1 aromatic rings. The molecule has 0 saturated carbocycles. The van der Waals surface area contributed by atoms with Crippen molar-refractivity contribution in [2.45, 2.75) is 13.0 Å². The Hall–Kier alpha value is -0.930. The standard InChI is InChI=1S/C11H16FNO/c1-13-7-6-9-4-3-5-10(8-14-2)11(9)12/h3-5,13H,6-8H2,1-2H3. The zero-order valence-corrected chi connectivity index (χ0v) is 8.64. The van der Waals surface area contributed by atoms with Gasteiger partial charge in [-0.2, -0.15) is 0 Å². The van der Waals surface area contributed by atoms with Gasteiger partial charge in [-0.15, -0.1) is 0 Å². The Labute approximate surface area is 84.1 Å². The van der Waals surface area contributed by atoms with Gasteiger partial charge in [-0.1, -0.05) is 18.2 Å². The first-order chi connectivity index (χ1) is 6.79. The molecule has 0 bridgehead atoms. The van der Waals surface area contributed by atoms with E-state index in [-0.39, 0.29) is 5.82 Å². The molecule has 2 nitrogen and oxygen atoms in total. The van der Waals surface area contributed by atoms with E-state index in [4.69, 9.17) is 4.74 Å². The van der Waals surface area contributed by atoms with Crippen molar-refractivity contribution in [2.24, 2.45) is 0 Å². The van der Waals surface area contributed by atoms with Crippen LogP contribution in [-0.2, 0) is 17.8 Å². The van der Waals surface area contributed by atoms with Crippen molar-refractivity contribution in [3.05, 3.63) is 35.1 Å². The topological polar surface area (TPSA) is 21.3 Å². The maximum Gasteiger partial charge on any atom is 0.131 e. The molecule has 1 rings (SSSR count). The maximum atomic E-state index is 13.7. The van der Waals surface area contributed by atoms with Crippen LogP contribution in [0.1, 0.15) is 11.1 Å². The molecule has 14 heavy (non-hydrogen) atoms. The van der Waals surface area contributed by atoms with E-state index in [1.165, 1.54) is 0 Å². The molecule has 0 radical (unpaired) electrons. The predicted molar refractivity (Wildman–Crippen MR) is 54.7 cm³/mol. The second-order valence-electron chi connectivity index (χ2n) is 3.18. The zero-order chi connectivity index (χ0) is 10.4. The first-order valence-electron chi connectivity index (χ1n) is 4.69. The number of hydrogen-bond acceptors (Lipinski definition) is 2. The average Bonchev–Trinajstić information content (AvgIpc) is 2.20. The Kier molecular flexibility index (Phi) is 4.56. The Bertz CT molecular complexity index is 289. The molecule has 0 spiro atoms. The minimum Gasteiger partial charge on any atom is -0.380 e. The molecule has 0 heterocycles. The Morgan fingerprint density at radius 2 is 2.07 bits per heavy atom. The summed E-state index contributed by atoms with van der Waals surface area (Å²) in [6.45, 7) is 1.12. The van der Waals surface area contributed by atoms with Crippen LogP contribution < -0.4 is 5.32 Å². The number of ether oxygens (including phenoxy) is 1. The summed E-state index contributed by atoms with van der Waals surface area (Å²) < 4.78 is 18.6. The van der Waals surface area contributed by atoms with Gasteiger partial charge in [0.25, 0.3) is 0 Å². The van der Waals surface area contributed by atoms with Gasteiger partial charge in [-0.3, -0.25) is 0 Å². The van der Waals surface area contributed by atoms with Crippen LogP contribution in [0.3, 0.4) is 0 Å². The van der Waals surface area contributed by atoms with Crippen LogP contribution in [0.5, 0.6) is 0 Å². The number of rotatable bonds is 5. The van der Waals surface area contributed by atoms with E-state index in [0.717, 1.165) is 12.1 Å². The first kappa shape index (κ1) is 11.1. The Balaban J connectivity index is 2.78. The van der Waals surface area contributed by atoms with Crippen LogP contribution in [-0.4, -0.2) is 20.7 Å². The fraction of sp³-hybridized carbons (Fsp3) is 0.455. The summed E-state index contributed by atoms with van der Waals surface area (Å²) in [5.41, 5.74) is 1.37. The number of halogens is 1. The molecule has 0 aliphatic rings. The van der Waals surface area contributed by atoms with E-state index in [9.17, 15) is 4.39 Å². The second kappa shape index (κ2) is 5.73. The zero-order valence-electron chi connectivity index (χ0n) is 8.64. The van der Waals surface area contributed by atoms with Gasteiger partial charge < -0.3 is 10.1 Å². The normalized spacial score (nSPS) is 10.5. The molecule has 3 heteroatoms. The number of benzene rings is 1. The number of methoxy groups -OCH3 is 1. The van der Waals surface area contributed by atoms with Crippen molar-refractivity contribution >= 4 is 0 Å². The van der Waals surface area contributed by atoms with E-state index >= 15 is 0 Å². The molecule has 1 aromatic carbocycles. The van der Waals surface area contributed by atoms with E-state index in [1.54, 1.807) is 13.2 Å². The molecule has 0 aliphatic heterocycles.